The maximum atomic E-state index is 12.1. The molecule has 0 N–H and O–H groups in total. The molecule has 126 valence electrons. The maximum absolute atomic E-state index is 12.1. The van der Waals surface area contributed by atoms with Gasteiger partial charge in [0, 0.05) is 35.2 Å². The number of nitrogens with zero attached hydrogens (tertiary/aromatic N) is 1. The Labute approximate surface area is 148 Å². The number of carbonyl (C=O) groups excluding carboxylic acids is 1. The first kappa shape index (κ1) is 15.0. The molecule has 0 amide bonds. The van der Waals surface area contributed by atoms with Crippen molar-refractivity contribution in [2.45, 2.75) is 50.3 Å². The van der Waals surface area contributed by atoms with E-state index in [0.29, 0.717) is 12.1 Å². The molecule has 1 aromatic rings. The molecule has 0 saturated carbocycles. The third-order valence-corrected chi connectivity index (χ3v) is 6.15. The predicted octanol–water partition coefficient (Wildman–Crippen LogP) is 3.14. The molecule has 3 aliphatic heterocycles. The van der Waals surface area contributed by atoms with Crippen molar-refractivity contribution in [3.63, 3.8) is 0 Å². The van der Waals surface area contributed by atoms with E-state index in [-0.39, 0.29) is 5.97 Å². The number of fused-ring (bicyclic) bond motifs is 3. The van der Waals surface area contributed by atoms with Crippen LogP contribution in [0, 0.1) is 18.8 Å². The standard InChI is InChI=1S/C22H21NO2/c1-15-6-2-3-7-16(15)9-10-17-12-18-14-22(19(17)13-21(24)25-22)20-8-4-5-11-23(18)20/h2-3,6-7,12-13,18,20H,4-5,8,11,14H2,1H3/t18-,20-,22+/m1/s1. The summed E-state index contributed by atoms with van der Waals surface area (Å²) in [6.07, 6.45) is 8.40. The van der Waals surface area contributed by atoms with E-state index in [9.17, 15) is 4.79 Å². The summed E-state index contributed by atoms with van der Waals surface area (Å²) in [5, 5.41) is 0. The summed E-state index contributed by atoms with van der Waals surface area (Å²) in [5.41, 5.74) is 3.77. The quantitative estimate of drug-likeness (QED) is 0.540. The lowest BCUT2D eigenvalue weighted by atomic mass is 9.77. The van der Waals surface area contributed by atoms with Crippen LogP contribution in [0.25, 0.3) is 0 Å². The van der Waals surface area contributed by atoms with Crippen molar-refractivity contribution in [1.29, 1.82) is 0 Å². The van der Waals surface area contributed by atoms with Crippen molar-refractivity contribution in [3.05, 3.63) is 58.7 Å². The van der Waals surface area contributed by atoms with Crippen LogP contribution in [0.1, 0.15) is 36.8 Å². The minimum atomic E-state index is -0.452. The topological polar surface area (TPSA) is 29.5 Å². The number of carbonyl (C=O) groups is 1. The van der Waals surface area contributed by atoms with Crippen LogP contribution in [0.5, 0.6) is 0 Å². The third kappa shape index (κ3) is 2.14. The highest BCUT2D eigenvalue weighted by atomic mass is 16.6. The Bertz CT molecular complexity index is 885. The molecule has 0 unspecified atom stereocenters. The fourth-order valence-electron chi connectivity index (χ4n) is 5.02. The minimum absolute atomic E-state index is 0.202. The van der Waals surface area contributed by atoms with Gasteiger partial charge in [0.2, 0.25) is 0 Å². The molecule has 0 aromatic heterocycles. The van der Waals surface area contributed by atoms with Crippen LogP contribution in [0.3, 0.4) is 0 Å². The SMILES string of the molecule is Cc1ccccc1C#CC1=C[C@@H]2C[C@@]3(OC(=O)C=C13)[C@H]1CCCCN21. The number of rotatable bonds is 0. The monoisotopic (exact) mass is 331 g/mol. The average Bonchev–Trinajstić information content (AvgIpc) is 3.10. The fourth-order valence-corrected chi connectivity index (χ4v) is 5.02. The van der Waals surface area contributed by atoms with E-state index in [2.05, 4.69) is 35.8 Å². The van der Waals surface area contributed by atoms with Crippen LogP contribution in [-0.2, 0) is 9.53 Å². The summed E-state index contributed by atoms with van der Waals surface area (Å²) in [6.45, 7) is 3.17. The highest BCUT2D eigenvalue weighted by Crippen LogP contribution is 2.53. The summed E-state index contributed by atoms with van der Waals surface area (Å²) >= 11 is 0. The van der Waals surface area contributed by atoms with E-state index in [1.807, 2.05) is 18.2 Å². The van der Waals surface area contributed by atoms with Gasteiger partial charge < -0.3 is 4.74 Å². The van der Waals surface area contributed by atoms with Gasteiger partial charge in [-0.15, -0.1) is 0 Å². The normalized spacial score (nSPS) is 32.8. The van der Waals surface area contributed by atoms with Gasteiger partial charge in [-0.05, 0) is 37.9 Å². The van der Waals surface area contributed by atoms with Crippen LogP contribution >= 0.6 is 0 Å². The molecule has 25 heavy (non-hydrogen) atoms. The van der Waals surface area contributed by atoms with E-state index in [1.165, 1.54) is 18.4 Å². The summed E-state index contributed by atoms with van der Waals surface area (Å²) in [4.78, 5) is 14.7. The molecule has 3 heterocycles. The van der Waals surface area contributed by atoms with Gasteiger partial charge in [-0.25, -0.2) is 4.79 Å². The Hall–Kier alpha value is -2.31. The number of esters is 1. The summed E-state index contributed by atoms with van der Waals surface area (Å²) in [5.74, 6) is 6.47. The number of piperidine rings is 1. The molecule has 1 spiro atoms. The second-order valence-corrected chi connectivity index (χ2v) is 7.53. The van der Waals surface area contributed by atoms with Crippen LogP contribution in [0.15, 0.2) is 47.6 Å². The Morgan fingerprint density at radius 2 is 2.12 bits per heavy atom. The van der Waals surface area contributed by atoms with E-state index >= 15 is 0 Å². The van der Waals surface area contributed by atoms with Crippen LogP contribution in [-0.4, -0.2) is 35.1 Å². The molecule has 3 heteroatoms. The third-order valence-electron chi connectivity index (χ3n) is 6.15. The number of hydrogen-bond acceptors (Lipinski definition) is 3. The molecule has 3 atom stereocenters. The lowest BCUT2D eigenvalue weighted by Gasteiger charge is -2.38. The number of aryl methyl sites for hydroxylation is 1. The molecule has 2 bridgehead atoms. The molecule has 1 aliphatic carbocycles. The second kappa shape index (κ2) is 5.34. The van der Waals surface area contributed by atoms with Crippen molar-refractivity contribution in [2.75, 3.05) is 6.54 Å². The van der Waals surface area contributed by atoms with E-state index in [0.717, 1.165) is 36.1 Å². The zero-order valence-electron chi connectivity index (χ0n) is 14.4. The first-order valence-corrected chi connectivity index (χ1v) is 9.18. The Balaban J connectivity index is 1.59. The zero-order chi connectivity index (χ0) is 17.0. The largest absolute Gasteiger partial charge is 0.449 e. The van der Waals surface area contributed by atoms with Crippen molar-refractivity contribution >= 4 is 5.97 Å². The molecule has 3 nitrogen and oxygen atoms in total. The Morgan fingerprint density at radius 1 is 1.24 bits per heavy atom. The lowest BCUT2D eigenvalue weighted by Crippen LogP contribution is -2.48. The summed E-state index contributed by atoms with van der Waals surface area (Å²) in [6, 6.07) is 8.82. The first-order chi connectivity index (χ1) is 12.2. The van der Waals surface area contributed by atoms with Gasteiger partial charge >= 0.3 is 5.97 Å². The van der Waals surface area contributed by atoms with Gasteiger partial charge in [0.15, 0.2) is 5.60 Å². The van der Waals surface area contributed by atoms with E-state index in [1.54, 1.807) is 6.08 Å². The minimum Gasteiger partial charge on any atom is -0.449 e. The molecule has 5 rings (SSSR count). The number of ether oxygens (including phenoxy) is 1. The predicted molar refractivity (Wildman–Crippen MR) is 95.8 cm³/mol. The van der Waals surface area contributed by atoms with Crippen LogP contribution in [0.2, 0.25) is 0 Å². The molecule has 0 radical (unpaired) electrons. The van der Waals surface area contributed by atoms with Crippen LogP contribution < -0.4 is 0 Å². The Kier molecular flexibility index (Phi) is 3.20. The van der Waals surface area contributed by atoms with Gasteiger partial charge in [0.1, 0.15) is 0 Å². The second-order valence-electron chi connectivity index (χ2n) is 7.53. The summed E-state index contributed by atoms with van der Waals surface area (Å²) < 4.78 is 5.94. The highest BCUT2D eigenvalue weighted by Gasteiger charge is 2.61. The van der Waals surface area contributed by atoms with Crippen molar-refractivity contribution in [2.24, 2.45) is 0 Å². The molecule has 1 aromatic carbocycles. The van der Waals surface area contributed by atoms with Gasteiger partial charge in [-0.2, -0.15) is 0 Å². The molecule has 2 fully saturated rings. The van der Waals surface area contributed by atoms with Gasteiger partial charge in [-0.1, -0.05) is 42.5 Å². The summed E-state index contributed by atoms with van der Waals surface area (Å²) in [7, 11) is 0. The van der Waals surface area contributed by atoms with E-state index < -0.39 is 5.60 Å². The Morgan fingerprint density at radius 3 is 3.00 bits per heavy atom. The molecule has 4 aliphatic rings. The first-order valence-electron chi connectivity index (χ1n) is 9.18. The fraction of sp³-hybridized carbons (Fsp3) is 0.409. The average molecular weight is 331 g/mol. The molecular weight excluding hydrogens is 310 g/mol. The maximum Gasteiger partial charge on any atom is 0.332 e. The molecule has 2 saturated heterocycles. The highest BCUT2D eigenvalue weighted by molar-refractivity contribution is 5.90. The van der Waals surface area contributed by atoms with E-state index in [4.69, 9.17) is 4.74 Å². The van der Waals surface area contributed by atoms with Gasteiger partial charge in [0.25, 0.3) is 0 Å². The smallest absolute Gasteiger partial charge is 0.332 e. The van der Waals surface area contributed by atoms with Crippen molar-refractivity contribution < 1.29 is 9.53 Å². The molecular formula is C22H21NO2. The zero-order valence-corrected chi connectivity index (χ0v) is 14.4. The number of hydrogen-bond donors (Lipinski definition) is 0. The van der Waals surface area contributed by atoms with Crippen molar-refractivity contribution in [1.82, 2.24) is 4.90 Å². The lowest BCUT2D eigenvalue weighted by molar-refractivity contribution is -0.148. The van der Waals surface area contributed by atoms with Gasteiger partial charge in [0.05, 0.1) is 6.04 Å². The van der Waals surface area contributed by atoms with Gasteiger partial charge in [-0.3, -0.25) is 4.90 Å². The number of benzene rings is 1. The van der Waals surface area contributed by atoms with Crippen molar-refractivity contribution in [3.8, 4) is 11.8 Å². The van der Waals surface area contributed by atoms with Crippen LogP contribution in [0.4, 0.5) is 0 Å².